The normalized spacial score (nSPS) is 18.2. The summed E-state index contributed by atoms with van der Waals surface area (Å²) in [7, 11) is 0. The third-order valence-corrected chi connectivity index (χ3v) is 3.61. The Labute approximate surface area is 127 Å². The van der Waals surface area contributed by atoms with Crippen molar-refractivity contribution in [1.82, 2.24) is 5.43 Å². The minimum Gasteiger partial charge on any atom is -0.311 e. The Morgan fingerprint density at radius 2 is 1.80 bits per heavy atom. The van der Waals surface area contributed by atoms with Crippen LogP contribution in [0.2, 0.25) is 10.0 Å². The van der Waals surface area contributed by atoms with Gasteiger partial charge in [-0.15, -0.1) is 0 Å². The average molecular weight is 306 g/mol. The lowest BCUT2D eigenvalue weighted by atomic mass is 10.1. The first kappa shape index (κ1) is 13.5. The van der Waals surface area contributed by atoms with E-state index in [0.29, 0.717) is 10.0 Å². The number of nitrogens with zero attached hydrogens (tertiary/aromatic N) is 1. The highest BCUT2D eigenvalue weighted by Crippen LogP contribution is 2.34. The Bertz CT molecular complexity index is 655. The second-order valence-corrected chi connectivity index (χ2v) is 5.35. The number of halogens is 2. The number of benzene rings is 2. The largest absolute Gasteiger partial charge is 0.311 e. The van der Waals surface area contributed by atoms with Crippen LogP contribution in [0.4, 0.5) is 5.69 Å². The van der Waals surface area contributed by atoms with Gasteiger partial charge in [0.15, 0.2) is 0 Å². The molecule has 1 unspecified atom stereocenters. The number of rotatable bonds is 2. The third kappa shape index (κ3) is 2.53. The standard InChI is InChI=1S/C15H13Cl2N3/c16-11-6-7-13(12(17)8-11)20-14(9-15(18)19-20)10-4-2-1-3-5-10/h1-9,15,19H,18H2. The predicted molar refractivity (Wildman–Crippen MR) is 84.5 cm³/mol. The van der Waals surface area contributed by atoms with Crippen LogP contribution in [0, 0.1) is 0 Å². The molecule has 0 aliphatic carbocycles. The maximum atomic E-state index is 6.28. The first-order chi connectivity index (χ1) is 9.65. The minimum absolute atomic E-state index is 0.253. The molecule has 102 valence electrons. The zero-order valence-corrected chi connectivity index (χ0v) is 12.1. The van der Waals surface area contributed by atoms with Crippen LogP contribution < -0.4 is 16.2 Å². The predicted octanol–water partition coefficient (Wildman–Crippen LogP) is 3.64. The summed E-state index contributed by atoms with van der Waals surface area (Å²) in [5, 5.41) is 3.06. The van der Waals surface area contributed by atoms with Crippen LogP contribution in [-0.2, 0) is 0 Å². The minimum atomic E-state index is -0.253. The molecule has 2 aromatic carbocycles. The summed E-state index contributed by atoms with van der Waals surface area (Å²) in [6, 6.07) is 15.4. The quantitative estimate of drug-likeness (QED) is 0.890. The van der Waals surface area contributed by atoms with Crippen molar-refractivity contribution >= 4 is 34.6 Å². The van der Waals surface area contributed by atoms with Gasteiger partial charge in [0.2, 0.25) is 0 Å². The maximum absolute atomic E-state index is 6.28. The third-order valence-electron chi connectivity index (χ3n) is 3.08. The van der Waals surface area contributed by atoms with E-state index < -0.39 is 0 Å². The van der Waals surface area contributed by atoms with E-state index in [1.165, 1.54) is 0 Å². The highest BCUT2D eigenvalue weighted by atomic mass is 35.5. The van der Waals surface area contributed by atoms with E-state index in [1.807, 2.05) is 47.5 Å². The van der Waals surface area contributed by atoms with Gasteiger partial charge in [-0.05, 0) is 29.8 Å². The van der Waals surface area contributed by atoms with Gasteiger partial charge < -0.3 is 5.73 Å². The Morgan fingerprint density at radius 3 is 2.50 bits per heavy atom. The summed E-state index contributed by atoms with van der Waals surface area (Å²) in [6.07, 6.45) is 1.71. The highest BCUT2D eigenvalue weighted by Gasteiger charge is 2.24. The molecule has 1 heterocycles. The molecule has 3 rings (SSSR count). The zero-order chi connectivity index (χ0) is 14.1. The van der Waals surface area contributed by atoms with E-state index in [-0.39, 0.29) is 6.17 Å². The molecule has 0 radical (unpaired) electrons. The van der Waals surface area contributed by atoms with Crippen molar-refractivity contribution in [2.75, 3.05) is 5.01 Å². The lowest BCUT2D eigenvalue weighted by Crippen LogP contribution is -2.41. The summed E-state index contributed by atoms with van der Waals surface area (Å²) in [5.74, 6) is 0. The molecule has 0 amide bonds. The number of hydrogen-bond donors (Lipinski definition) is 2. The number of nitrogens with one attached hydrogen (secondary N) is 1. The van der Waals surface area contributed by atoms with E-state index in [2.05, 4.69) is 5.43 Å². The lowest BCUT2D eigenvalue weighted by Gasteiger charge is -2.24. The Kier molecular flexibility index (Phi) is 3.68. The molecule has 20 heavy (non-hydrogen) atoms. The van der Waals surface area contributed by atoms with E-state index in [9.17, 15) is 0 Å². The van der Waals surface area contributed by atoms with Gasteiger partial charge >= 0.3 is 0 Å². The zero-order valence-electron chi connectivity index (χ0n) is 10.6. The van der Waals surface area contributed by atoms with Crippen molar-refractivity contribution in [3.05, 3.63) is 70.2 Å². The van der Waals surface area contributed by atoms with Crippen LogP contribution in [-0.4, -0.2) is 6.17 Å². The van der Waals surface area contributed by atoms with Gasteiger partial charge in [-0.3, -0.25) is 5.01 Å². The first-order valence-corrected chi connectivity index (χ1v) is 6.95. The van der Waals surface area contributed by atoms with Crippen molar-refractivity contribution < 1.29 is 0 Å². The van der Waals surface area contributed by atoms with Gasteiger partial charge in [0.05, 0.1) is 22.6 Å². The van der Waals surface area contributed by atoms with E-state index in [0.717, 1.165) is 16.9 Å². The first-order valence-electron chi connectivity index (χ1n) is 6.19. The van der Waals surface area contributed by atoms with Crippen LogP contribution >= 0.6 is 23.2 Å². The summed E-state index contributed by atoms with van der Waals surface area (Å²) < 4.78 is 0. The Balaban J connectivity index is 2.03. The molecule has 0 spiro atoms. The molecule has 0 aromatic heterocycles. The van der Waals surface area contributed by atoms with Gasteiger partial charge in [0.1, 0.15) is 0 Å². The van der Waals surface area contributed by atoms with Crippen molar-refractivity contribution in [2.24, 2.45) is 5.73 Å². The van der Waals surface area contributed by atoms with Gasteiger partial charge in [0.25, 0.3) is 0 Å². The fraction of sp³-hybridized carbons (Fsp3) is 0.0667. The average Bonchev–Trinajstić information content (AvgIpc) is 2.81. The second-order valence-electron chi connectivity index (χ2n) is 4.50. The number of hydrazine groups is 1. The number of nitrogens with two attached hydrogens (primary N) is 1. The maximum Gasteiger partial charge on any atom is 0.0942 e. The molecule has 1 aliphatic rings. The molecule has 0 bridgehead atoms. The molecule has 1 aliphatic heterocycles. The number of hydrogen-bond acceptors (Lipinski definition) is 3. The lowest BCUT2D eigenvalue weighted by molar-refractivity contribution is 0.662. The molecule has 3 nitrogen and oxygen atoms in total. The summed E-state index contributed by atoms with van der Waals surface area (Å²) >= 11 is 12.2. The van der Waals surface area contributed by atoms with Crippen LogP contribution in [0.15, 0.2) is 54.6 Å². The molecule has 0 saturated carbocycles. The van der Waals surface area contributed by atoms with E-state index in [1.54, 1.807) is 12.1 Å². The summed E-state index contributed by atoms with van der Waals surface area (Å²) in [4.78, 5) is 0. The Hall–Kier alpha value is -1.52. The Morgan fingerprint density at radius 1 is 1.05 bits per heavy atom. The summed E-state index contributed by atoms with van der Waals surface area (Å²) in [5.41, 5.74) is 12.0. The molecule has 3 N–H and O–H groups in total. The van der Waals surface area contributed by atoms with Crippen molar-refractivity contribution in [3.63, 3.8) is 0 Å². The molecule has 0 saturated heterocycles. The molecule has 5 heteroatoms. The van der Waals surface area contributed by atoms with Crippen LogP contribution in [0.5, 0.6) is 0 Å². The SMILES string of the molecule is NC1C=C(c2ccccc2)N(c2ccc(Cl)cc2Cl)N1. The molecular weight excluding hydrogens is 293 g/mol. The van der Waals surface area contributed by atoms with Gasteiger partial charge in [0, 0.05) is 5.02 Å². The van der Waals surface area contributed by atoms with Crippen molar-refractivity contribution in [3.8, 4) is 0 Å². The highest BCUT2D eigenvalue weighted by molar-refractivity contribution is 6.36. The molecular formula is C15H13Cl2N3. The van der Waals surface area contributed by atoms with Crippen molar-refractivity contribution in [1.29, 1.82) is 0 Å². The van der Waals surface area contributed by atoms with E-state index >= 15 is 0 Å². The van der Waals surface area contributed by atoms with Gasteiger partial charge in [-0.1, -0.05) is 53.5 Å². The van der Waals surface area contributed by atoms with Gasteiger partial charge in [-0.2, -0.15) is 0 Å². The molecule has 0 fully saturated rings. The topological polar surface area (TPSA) is 41.3 Å². The van der Waals surface area contributed by atoms with E-state index in [4.69, 9.17) is 28.9 Å². The van der Waals surface area contributed by atoms with Crippen LogP contribution in [0.3, 0.4) is 0 Å². The van der Waals surface area contributed by atoms with Crippen LogP contribution in [0.25, 0.3) is 5.70 Å². The second kappa shape index (κ2) is 5.46. The molecule has 1 atom stereocenters. The number of anilines is 1. The monoisotopic (exact) mass is 305 g/mol. The fourth-order valence-electron chi connectivity index (χ4n) is 2.20. The fourth-order valence-corrected chi connectivity index (χ4v) is 2.69. The van der Waals surface area contributed by atoms with Crippen molar-refractivity contribution in [2.45, 2.75) is 6.17 Å². The van der Waals surface area contributed by atoms with Crippen LogP contribution in [0.1, 0.15) is 5.56 Å². The van der Waals surface area contributed by atoms with Gasteiger partial charge in [-0.25, -0.2) is 5.43 Å². The summed E-state index contributed by atoms with van der Waals surface area (Å²) in [6.45, 7) is 0. The smallest absolute Gasteiger partial charge is 0.0942 e. The molecule has 2 aromatic rings.